The summed E-state index contributed by atoms with van der Waals surface area (Å²) >= 11 is 5.30. The molecule has 2 aromatic carbocycles. The second kappa shape index (κ2) is 6.88. The molecule has 0 saturated carbocycles. The Bertz CT molecular complexity index is 818. The van der Waals surface area contributed by atoms with Gasteiger partial charge in [0.05, 0.1) is 5.71 Å². The van der Waals surface area contributed by atoms with Crippen molar-refractivity contribution in [2.24, 2.45) is 5.10 Å². The van der Waals surface area contributed by atoms with Crippen LogP contribution in [0, 0.1) is 13.8 Å². The third-order valence-electron chi connectivity index (χ3n) is 3.75. The SMILES string of the molecule is CC(=NNC(=S)Nc1ccc(C)cc1C)c1ccc2c(c1)OCO2. The Labute approximate surface area is 146 Å². The lowest BCUT2D eigenvalue weighted by atomic mass is 10.1. The van der Waals surface area contributed by atoms with Crippen molar-refractivity contribution < 1.29 is 9.47 Å². The molecule has 0 unspecified atom stereocenters. The third-order valence-corrected chi connectivity index (χ3v) is 3.94. The fraction of sp³-hybridized carbons (Fsp3) is 0.222. The molecule has 1 aliphatic heterocycles. The van der Waals surface area contributed by atoms with Crippen LogP contribution in [0.1, 0.15) is 23.6 Å². The van der Waals surface area contributed by atoms with Gasteiger partial charge in [-0.2, -0.15) is 5.10 Å². The van der Waals surface area contributed by atoms with Crippen molar-refractivity contribution in [1.82, 2.24) is 5.43 Å². The van der Waals surface area contributed by atoms with Crippen LogP contribution in [0.25, 0.3) is 0 Å². The molecule has 3 rings (SSSR count). The zero-order valence-electron chi connectivity index (χ0n) is 13.8. The molecule has 2 N–H and O–H groups in total. The van der Waals surface area contributed by atoms with Crippen LogP contribution in [0.4, 0.5) is 5.69 Å². The lowest BCUT2D eigenvalue weighted by Gasteiger charge is -2.11. The number of anilines is 1. The van der Waals surface area contributed by atoms with E-state index >= 15 is 0 Å². The number of nitrogens with zero attached hydrogens (tertiary/aromatic N) is 1. The molecular formula is C18H19N3O2S. The highest BCUT2D eigenvalue weighted by molar-refractivity contribution is 7.80. The minimum absolute atomic E-state index is 0.261. The van der Waals surface area contributed by atoms with Gasteiger partial charge in [0.25, 0.3) is 0 Å². The number of benzene rings is 2. The zero-order valence-corrected chi connectivity index (χ0v) is 14.7. The van der Waals surface area contributed by atoms with Gasteiger partial charge in [0, 0.05) is 11.3 Å². The Morgan fingerprint density at radius 3 is 2.67 bits per heavy atom. The monoisotopic (exact) mass is 341 g/mol. The van der Waals surface area contributed by atoms with E-state index in [2.05, 4.69) is 28.8 Å². The second-order valence-corrected chi connectivity index (χ2v) is 6.06. The Balaban J connectivity index is 1.65. The van der Waals surface area contributed by atoms with E-state index in [9.17, 15) is 0 Å². The first-order valence-electron chi connectivity index (χ1n) is 7.61. The van der Waals surface area contributed by atoms with Crippen molar-refractivity contribution in [3.8, 4) is 11.5 Å². The molecule has 0 radical (unpaired) electrons. The molecule has 1 aliphatic rings. The van der Waals surface area contributed by atoms with Crippen molar-refractivity contribution in [2.45, 2.75) is 20.8 Å². The summed E-state index contributed by atoms with van der Waals surface area (Å²) in [6.45, 7) is 6.27. The van der Waals surface area contributed by atoms with Crippen LogP contribution < -0.4 is 20.2 Å². The number of ether oxygens (including phenoxy) is 2. The van der Waals surface area contributed by atoms with E-state index in [1.165, 1.54) is 5.56 Å². The summed E-state index contributed by atoms with van der Waals surface area (Å²) in [5.74, 6) is 1.49. The average Bonchev–Trinajstić information content (AvgIpc) is 3.03. The van der Waals surface area contributed by atoms with Crippen LogP contribution in [-0.4, -0.2) is 17.6 Å². The maximum atomic E-state index is 5.38. The topological polar surface area (TPSA) is 54.9 Å². The molecule has 2 aromatic rings. The zero-order chi connectivity index (χ0) is 17.1. The molecule has 0 aliphatic carbocycles. The summed E-state index contributed by atoms with van der Waals surface area (Å²) in [5.41, 5.74) is 7.94. The van der Waals surface area contributed by atoms with E-state index in [-0.39, 0.29) is 6.79 Å². The number of fused-ring (bicyclic) bond motifs is 1. The minimum Gasteiger partial charge on any atom is -0.454 e. The van der Waals surface area contributed by atoms with E-state index in [1.54, 1.807) is 0 Å². The number of rotatable bonds is 3. The molecule has 124 valence electrons. The smallest absolute Gasteiger partial charge is 0.231 e. The Kier molecular flexibility index (Phi) is 4.66. The van der Waals surface area contributed by atoms with Crippen molar-refractivity contribution in [1.29, 1.82) is 0 Å². The second-order valence-electron chi connectivity index (χ2n) is 5.65. The van der Waals surface area contributed by atoms with Gasteiger partial charge in [-0.1, -0.05) is 17.7 Å². The van der Waals surface area contributed by atoms with E-state index in [0.29, 0.717) is 5.11 Å². The van der Waals surface area contributed by atoms with Gasteiger partial charge in [-0.15, -0.1) is 0 Å². The normalized spacial score (nSPS) is 12.9. The van der Waals surface area contributed by atoms with Crippen LogP contribution >= 0.6 is 12.2 Å². The fourth-order valence-electron chi connectivity index (χ4n) is 2.42. The van der Waals surface area contributed by atoms with Crippen molar-refractivity contribution in [3.05, 3.63) is 53.1 Å². The maximum Gasteiger partial charge on any atom is 0.231 e. The van der Waals surface area contributed by atoms with Crippen LogP contribution in [0.3, 0.4) is 0 Å². The molecule has 0 spiro atoms. The quantitative estimate of drug-likeness (QED) is 0.506. The first kappa shape index (κ1) is 16.3. The first-order valence-corrected chi connectivity index (χ1v) is 8.02. The number of nitrogens with one attached hydrogen (secondary N) is 2. The van der Waals surface area contributed by atoms with Gasteiger partial charge in [0.15, 0.2) is 16.6 Å². The molecule has 1 heterocycles. The molecule has 24 heavy (non-hydrogen) atoms. The molecule has 0 fully saturated rings. The average molecular weight is 341 g/mol. The highest BCUT2D eigenvalue weighted by Crippen LogP contribution is 2.32. The molecular weight excluding hydrogens is 322 g/mol. The molecule has 0 atom stereocenters. The largest absolute Gasteiger partial charge is 0.454 e. The molecule has 0 saturated heterocycles. The van der Waals surface area contributed by atoms with Crippen LogP contribution in [-0.2, 0) is 0 Å². The van der Waals surface area contributed by atoms with E-state index in [4.69, 9.17) is 21.7 Å². The maximum absolute atomic E-state index is 5.38. The predicted molar refractivity (Wildman–Crippen MR) is 100 cm³/mol. The summed E-state index contributed by atoms with van der Waals surface area (Å²) < 4.78 is 10.7. The van der Waals surface area contributed by atoms with E-state index < -0.39 is 0 Å². The number of hydrogen-bond acceptors (Lipinski definition) is 4. The number of hydrazone groups is 1. The first-order chi connectivity index (χ1) is 11.5. The lowest BCUT2D eigenvalue weighted by Crippen LogP contribution is -2.25. The van der Waals surface area contributed by atoms with Gasteiger partial charge in [-0.05, 0) is 62.8 Å². The summed E-state index contributed by atoms with van der Waals surface area (Å²) in [6, 6.07) is 11.9. The molecule has 0 bridgehead atoms. The van der Waals surface area contributed by atoms with E-state index in [1.807, 2.05) is 44.2 Å². The van der Waals surface area contributed by atoms with Crippen molar-refractivity contribution in [3.63, 3.8) is 0 Å². The molecule has 6 heteroatoms. The highest BCUT2D eigenvalue weighted by Gasteiger charge is 2.14. The Hall–Kier alpha value is -2.60. The minimum atomic E-state index is 0.261. The van der Waals surface area contributed by atoms with Gasteiger partial charge < -0.3 is 14.8 Å². The number of aryl methyl sites for hydroxylation is 2. The highest BCUT2D eigenvalue weighted by atomic mass is 32.1. The van der Waals surface area contributed by atoms with E-state index in [0.717, 1.165) is 34.0 Å². The summed E-state index contributed by atoms with van der Waals surface area (Å²) in [4.78, 5) is 0. The Morgan fingerprint density at radius 1 is 1.08 bits per heavy atom. The van der Waals surface area contributed by atoms with Gasteiger partial charge in [0.1, 0.15) is 0 Å². The molecule has 0 amide bonds. The van der Waals surface area contributed by atoms with Gasteiger partial charge >= 0.3 is 0 Å². The number of hydrogen-bond donors (Lipinski definition) is 2. The molecule has 0 aromatic heterocycles. The summed E-state index contributed by atoms with van der Waals surface area (Å²) in [6.07, 6.45) is 0. The summed E-state index contributed by atoms with van der Waals surface area (Å²) in [7, 11) is 0. The lowest BCUT2D eigenvalue weighted by molar-refractivity contribution is 0.174. The van der Waals surface area contributed by atoms with Crippen LogP contribution in [0.2, 0.25) is 0 Å². The molecule has 5 nitrogen and oxygen atoms in total. The van der Waals surface area contributed by atoms with Crippen LogP contribution in [0.15, 0.2) is 41.5 Å². The third kappa shape index (κ3) is 3.65. The fourth-order valence-corrected chi connectivity index (χ4v) is 2.58. The van der Waals surface area contributed by atoms with Gasteiger partial charge in [-0.25, -0.2) is 0 Å². The predicted octanol–water partition coefficient (Wildman–Crippen LogP) is 3.74. The van der Waals surface area contributed by atoms with Gasteiger partial charge in [0.2, 0.25) is 6.79 Å². The standard InChI is InChI=1S/C18H19N3O2S/c1-11-4-6-15(12(2)8-11)19-18(24)21-20-13(3)14-5-7-16-17(9-14)23-10-22-16/h4-9H,10H2,1-3H3,(H2,19,21,24). The van der Waals surface area contributed by atoms with Crippen molar-refractivity contribution >= 4 is 28.7 Å². The van der Waals surface area contributed by atoms with Gasteiger partial charge in [-0.3, -0.25) is 5.43 Å². The Morgan fingerprint density at radius 2 is 1.88 bits per heavy atom. The number of thiocarbonyl (C=S) groups is 1. The van der Waals surface area contributed by atoms with Crippen molar-refractivity contribution in [2.75, 3.05) is 12.1 Å². The van der Waals surface area contributed by atoms with Crippen LogP contribution in [0.5, 0.6) is 11.5 Å². The summed E-state index contributed by atoms with van der Waals surface area (Å²) in [5, 5.41) is 7.93.